The van der Waals surface area contributed by atoms with Gasteiger partial charge in [-0.05, 0) is 97.9 Å². The number of hydrogen-bond donors (Lipinski definition) is 2. The van der Waals surface area contributed by atoms with Crippen LogP contribution in [0.3, 0.4) is 0 Å². The summed E-state index contributed by atoms with van der Waals surface area (Å²) in [7, 11) is -3.89. The lowest BCUT2D eigenvalue weighted by Crippen LogP contribution is -2.07. The molecule has 0 aromatic heterocycles. The molecule has 0 aliphatic rings. The van der Waals surface area contributed by atoms with Crippen molar-refractivity contribution >= 4 is 9.84 Å². The zero-order valence-electron chi connectivity index (χ0n) is 43.5. The van der Waals surface area contributed by atoms with E-state index in [-0.39, 0.29) is 0 Å². The average Bonchev–Trinajstić information content (AvgIpc) is 3.30. The fourth-order valence-electron chi connectivity index (χ4n) is 9.88. The van der Waals surface area contributed by atoms with Gasteiger partial charge in [-0.2, -0.15) is 0 Å². The number of benzene rings is 2. The van der Waals surface area contributed by atoms with Gasteiger partial charge in [0.1, 0.15) is 11.5 Å². The molecule has 376 valence electrons. The van der Waals surface area contributed by atoms with E-state index in [2.05, 4.69) is 27.7 Å². The number of aromatic hydroxyl groups is 2. The van der Waals surface area contributed by atoms with Crippen LogP contribution in [0.25, 0.3) is 0 Å². The lowest BCUT2D eigenvalue weighted by Gasteiger charge is -2.17. The topological polar surface area (TPSA) is 74.6 Å². The van der Waals surface area contributed by atoms with Gasteiger partial charge in [0.2, 0.25) is 9.84 Å². The van der Waals surface area contributed by atoms with Crippen LogP contribution in [0.15, 0.2) is 34.1 Å². The minimum Gasteiger partial charge on any atom is -0.507 e. The van der Waals surface area contributed by atoms with Crippen LogP contribution in [-0.4, -0.2) is 18.6 Å². The van der Waals surface area contributed by atoms with Crippen molar-refractivity contribution in [2.45, 2.75) is 320 Å². The van der Waals surface area contributed by atoms with Gasteiger partial charge < -0.3 is 10.2 Å². The molecule has 0 saturated carbocycles. The van der Waals surface area contributed by atoms with Gasteiger partial charge >= 0.3 is 0 Å². The van der Waals surface area contributed by atoms with Gasteiger partial charge in [-0.3, -0.25) is 0 Å². The summed E-state index contributed by atoms with van der Waals surface area (Å²) in [5.74, 6) is 0.620. The Labute approximate surface area is 404 Å². The van der Waals surface area contributed by atoms with Gasteiger partial charge in [0.25, 0.3) is 0 Å². The Hall–Kier alpha value is -2.01. The summed E-state index contributed by atoms with van der Waals surface area (Å²) in [6.45, 7) is 9.07. The lowest BCUT2D eigenvalue weighted by atomic mass is 9.98. The van der Waals surface area contributed by atoms with Gasteiger partial charge in [0.05, 0.1) is 9.79 Å². The van der Waals surface area contributed by atoms with Crippen molar-refractivity contribution in [3.05, 3.63) is 46.5 Å². The number of rotatable bonds is 46. The molecule has 5 heteroatoms. The number of phenols is 2. The monoisotopic (exact) mass is 923 g/mol. The minimum absolute atomic E-state index is 0.305. The van der Waals surface area contributed by atoms with Gasteiger partial charge in [0, 0.05) is 0 Å². The Morgan fingerprint density at radius 1 is 0.277 bits per heavy atom. The lowest BCUT2D eigenvalue weighted by molar-refractivity contribution is 0.455. The largest absolute Gasteiger partial charge is 0.507 e. The highest BCUT2D eigenvalue weighted by atomic mass is 32.2. The van der Waals surface area contributed by atoms with Gasteiger partial charge in [0.15, 0.2) is 0 Å². The molecular formula is C60H106O4S. The van der Waals surface area contributed by atoms with E-state index < -0.39 is 9.84 Å². The van der Waals surface area contributed by atoms with E-state index in [9.17, 15) is 18.6 Å². The van der Waals surface area contributed by atoms with Gasteiger partial charge in [-0.25, -0.2) is 8.42 Å². The van der Waals surface area contributed by atoms with E-state index in [0.717, 1.165) is 73.6 Å². The van der Waals surface area contributed by atoms with Crippen molar-refractivity contribution in [1.29, 1.82) is 0 Å². The number of aryl methyl sites for hydroxylation is 4. The van der Waals surface area contributed by atoms with E-state index in [4.69, 9.17) is 0 Å². The molecular weight excluding hydrogens is 817 g/mol. The minimum atomic E-state index is -3.89. The SMILES string of the molecule is CCCCCCCCCCCCc1cc(S(=O)(=O)c2cc(CCCCCCCCCCCC)c(O)c(CCCCCCCCCCCC)c2)cc(CCCCCCCCCCCC)c1O. The number of hydrogen-bond acceptors (Lipinski definition) is 4. The van der Waals surface area contributed by atoms with E-state index in [0.29, 0.717) is 47.0 Å². The number of unbranched alkanes of at least 4 members (excludes halogenated alkanes) is 36. The first-order chi connectivity index (χ1) is 31.8. The molecule has 0 aliphatic carbocycles. The maximum absolute atomic E-state index is 14.9. The van der Waals surface area contributed by atoms with Crippen LogP contribution in [0, 0.1) is 0 Å². The normalized spacial score (nSPS) is 11.9. The Morgan fingerprint density at radius 2 is 0.431 bits per heavy atom. The fraction of sp³-hybridized carbons (Fsp3) is 0.800. The summed E-state index contributed by atoms with van der Waals surface area (Å²) in [4.78, 5) is 0.611. The fourth-order valence-corrected chi connectivity index (χ4v) is 11.3. The zero-order chi connectivity index (χ0) is 47.1. The molecule has 0 heterocycles. The molecule has 2 aromatic carbocycles. The standard InChI is InChI=1S/C60H106O4S/c1-5-9-13-17-21-25-29-33-37-41-45-53-49-57(50-54(59(53)61)46-42-38-34-30-26-22-18-14-10-6-2)65(63,64)58-51-55(47-43-39-35-31-27-23-19-15-11-7-3)60(62)56(52-58)48-44-40-36-32-28-24-20-16-12-8-4/h49-52,61-62H,5-48H2,1-4H3. The van der Waals surface area contributed by atoms with Crippen molar-refractivity contribution in [2.75, 3.05) is 0 Å². The van der Waals surface area contributed by atoms with Crippen LogP contribution >= 0.6 is 0 Å². The van der Waals surface area contributed by atoms with Crippen LogP contribution in [-0.2, 0) is 35.5 Å². The molecule has 0 atom stereocenters. The molecule has 0 saturated heterocycles. The predicted octanol–water partition coefficient (Wildman–Crippen LogP) is 19.8. The Balaban J connectivity index is 2.25. The van der Waals surface area contributed by atoms with Crippen LogP contribution in [0.1, 0.15) is 307 Å². The molecule has 2 rings (SSSR count). The summed E-state index contributed by atoms with van der Waals surface area (Å²) in [6, 6.07) is 7.16. The summed E-state index contributed by atoms with van der Waals surface area (Å²) in [5, 5.41) is 23.4. The molecule has 0 radical (unpaired) electrons. The molecule has 2 N–H and O–H groups in total. The van der Waals surface area contributed by atoms with Crippen LogP contribution in [0.5, 0.6) is 11.5 Å². The third kappa shape index (κ3) is 27.5. The van der Waals surface area contributed by atoms with Crippen molar-refractivity contribution in [2.24, 2.45) is 0 Å². The highest BCUT2D eigenvalue weighted by Gasteiger charge is 2.24. The quantitative estimate of drug-likeness (QED) is 0.0649. The van der Waals surface area contributed by atoms with E-state index in [1.807, 2.05) is 0 Å². The summed E-state index contributed by atoms with van der Waals surface area (Å²) in [5.41, 5.74) is 3.12. The van der Waals surface area contributed by atoms with E-state index in [1.54, 1.807) is 24.3 Å². The molecule has 0 amide bonds. The van der Waals surface area contributed by atoms with Crippen molar-refractivity contribution in [3.8, 4) is 11.5 Å². The second-order valence-corrected chi connectivity index (χ2v) is 22.4. The Bertz CT molecular complexity index is 1330. The van der Waals surface area contributed by atoms with Crippen molar-refractivity contribution in [3.63, 3.8) is 0 Å². The first-order valence-corrected chi connectivity index (χ1v) is 30.2. The summed E-state index contributed by atoms with van der Waals surface area (Å²) >= 11 is 0. The maximum atomic E-state index is 14.9. The number of phenolic OH excluding ortho intramolecular Hbond substituents is 2. The second-order valence-electron chi connectivity index (χ2n) is 20.4. The third-order valence-corrected chi connectivity index (χ3v) is 16.0. The highest BCUT2D eigenvalue weighted by Crippen LogP contribution is 2.36. The van der Waals surface area contributed by atoms with E-state index >= 15 is 0 Å². The average molecular weight is 924 g/mol. The zero-order valence-corrected chi connectivity index (χ0v) is 44.4. The molecule has 0 spiro atoms. The number of sulfone groups is 1. The molecule has 65 heavy (non-hydrogen) atoms. The first kappa shape index (κ1) is 59.1. The molecule has 0 unspecified atom stereocenters. The summed E-state index contributed by atoms with van der Waals surface area (Å²) in [6.07, 6.45) is 52.5. The maximum Gasteiger partial charge on any atom is 0.206 e. The van der Waals surface area contributed by atoms with Gasteiger partial charge in [-0.1, -0.05) is 259 Å². The predicted molar refractivity (Wildman–Crippen MR) is 284 cm³/mol. The molecule has 0 bridgehead atoms. The van der Waals surface area contributed by atoms with Crippen LogP contribution in [0.4, 0.5) is 0 Å². The third-order valence-electron chi connectivity index (χ3n) is 14.3. The Kier molecular flexibility index (Phi) is 36.3. The molecule has 2 aromatic rings. The summed E-state index contributed by atoms with van der Waals surface area (Å²) < 4.78 is 29.7. The van der Waals surface area contributed by atoms with E-state index in [1.165, 1.54) is 205 Å². The van der Waals surface area contributed by atoms with Crippen molar-refractivity contribution in [1.82, 2.24) is 0 Å². The van der Waals surface area contributed by atoms with Crippen molar-refractivity contribution < 1.29 is 18.6 Å². The molecule has 4 nitrogen and oxygen atoms in total. The smallest absolute Gasteiger partial charge is 0.206 e. The Morgan fingerprint density at radius 3 is 0.600 bits per heavy atom. The highest BCUT2D eigenvalue weighted by molar-refractivity contribution is 7.91. The second kappa shape index (κ2) is 39.9. The molecule has 0 fully saturated rings. The van der Waals surface area contributed by atoms with Gasteiger partial charge in [-0.15, -0.1) is 0 Å². The molecule has 0 aliphatic heterocycles. The van der Waals surface area contributed by atoms with Crippen LogP contribution in [0.2, 0.25) is 0 Å². The first-order valence-electron chi connectivity index (χ1n) is 28.7. The van der Waals surface area contributed by atoms with Crippen LogP contribution < -0.4 is 0 Å².